The summed E-state index contributed by atoms with van der Waals surface area (Å²) in [6.07, 6.45) is 0. The SMILES string of the molecule is CC#CC1(OC(=O)C(C)N)COC1. The second-order valence-corrected chi connectivity index (χ2v) is 3.07. The summed E-state index contributed by atoms with van der Waals surface area (Å²) in [5, 5.41) is 0. The zero-order valence-electron chi connectivity index (χ0n) is 7.79. The molecule has 0 saturated carbocycles. The maximum atomic E-state index is 11.2. The Hall–Kier alpha value is -1.05. The summed E-state index contributed by atoms with van der Waals surface area (Å²) in [5.74, 6) is 5.08. The first kappa shape index (κ1) is 10.0. The number of hydrogen-bond acceptors (Lipinski definition) is 4. The molecule has 1 atom stereocenters. The minimum Gasteiger partial charge on any atom is -0.440 e. The van der Waals surface area contributed by atoms with E-state index in [9.17, 15) is 4.79 Å². The number of carbonyl (C=O) groups excluding carboxylic acids is 1. The molecule has 0 radical (unpaired) electrons. The molecular formula is C9H13NO3. The van der Waals surface area contributed by atoms with E-state index in [0.717, 1.165) is 0 Å². The van der Waals surface area contributed by atoms with E-state index in [1.54, 1.807) is 13.8 Å². The molecule has 0 spiro atoms. The molecule has 0 aromatic heterocycles. The third kappa shape index (κ3) is 2.20. The fourth-order valence-corrected chi connectivity index (χ4v) is 0.957. The van der Waals surface area contributed by atoms with E-state index in [4.69, 9.17) is 15.2 Å². The smallest absolute Gasteiger partial charge is 0.324 e. The molecule has 4 nitrogen and oxygen atoms in total. The highest BCUT2D eigenvalue weighted by Crippen LogP contribution is 2.21. The predicted octanol–water partition coefficient (Wildman–Crippen LogP) is -0.331. The standard InChI is InChI=1S/C9H13NO3/c1-3-4-9(5-12-6-9)13-8(11)7(2)10/h7H,5-6,10H2,1-2H3. The van der Waals surface area contributed by atoms with Gasteiger partial charge in [-0.25, -0.2) is 0 Å². The molecule has 1 heterocycles. The minimum absolute atomic E-state index is 0.340. The number of carbonyl (C=O) groups is 1. The van der Waals surface area contributed by atoms with Crippen LogP contribution in [0.15, 0.2) is 0 Å². The Morgan fingerprint density at radius 2 is 2.31 bits per heavy atom. The van der Waals surface area contributed by atoms with Gasteiger partial charge in [0, 0.05) is 0 Å². The van der Waals surface area contributed by atoms with Gasteiger partial charge in [0.25, 0.3) is 0 Å². The van der Waals surface area contributed by atoms with Gasteiger partial charge in [0.1, 0.15) is 19.3 Å². The lowest BCUT2D eigenvalue weighted by Gasteiger charge is -2.36. The molecule has 4 heteroatoms. The van der Waals surface area contributed by atoms with E-state index in [1.165, 1.54) is 0 Å². The molecule has 1 aliphatic rings. The second kappa shape index (κ2) is 3.77. The van der Waals surface area contributed by atoms with Crippen LogP contribution in [0.4, 0.5) is 0 Å². The van der Waals surface area contributed by atoms with E-state index in [2.05, 4.69) is 11.8 Å². The molecule has 13 heavy (non-hydrogen) atoms. The van der Waals surface area contributed by atoms with Crippen LogP contribution >= 0.6 is 0 Å². The molecule has 72 valence electrons. The van der Waals surface area contributed by atoms with E-state index < -0.39 is 17.6 Å². The molecule has 0 aliphatic carbocycles. The summed E-state index contributed by atoms with van der Waals surface area (Å²) in [6.45, 7) is 3.95. The first-order valence-corrected chi connectivity index (χ1v) is 4.10. The lowest BCUT2D eigenvalue weighted by molar-refractivity contribution is -0.193. The predicted molar refractivity (Wildman–Crippen MR) is 46.7 cm³/mol. The zero-order valence-corrected chi connectivity index (χ0v) is 7.79. The minimum atomic E-state index is -0.737. The van der Waals surface area contributed by atoms with Gasteiger partial charge in [-0.3, -0.25) is 4.79 Å². The summed E-state index contributed by atoms with van der Waals surface area (Å²) in [4.78, 5) is 11.2. The molecule has 0 bridgehead atoms. The third-order valence-electron chi connectivity index (χ3n) is 1.69. The molecular weight excluding hydrogens is 170 g/mol. The molecule has 2 N–H and O–H groups in total. The first-order chi connectivity index (χ1) is 6.09. The number of hydrogen-bond donors (Lipinski definition) is 1. The number of rotatable bonds is 2. The number of esters is 1. The van der Waals surface area contributed by atoms with Crippen LogP contribution in [0.3, 0.4) is 0 Å². The highest BCUT2D eigenvalue weighted by molar-refractivity contribution is 5.75. The Labute approximate surface area is 77.4 Å². The van der Waals surface area contributed by atoms with Gasteiger partial charge in [-0.2, -0.15) is 0 Å². The lowest BCUT2D eigenvalue weighted by atomic mass is 10.0. The Bertz CT molecular complexity index is 258. The fourth-order valence-electron chi connectivity index (χ4n) is 0.957. The molecule has 1 saturated heterocycles. The van der Waals surface area contributed by atoms with Crippen molar-refractivity contribution < 1.29 is 14.3 Å². The van der Waals surface area contributed by atoms with Crippen molar-refractivity contribution in [3.63, 3.8) is 0 Å². The van der Waals surface area contributed by atoms with Crippen molar-refractivity contribution >= 4 is 5.97 Å². The van der Waals surface area contributed by atoms with E-state index in [-0.39, 0.29) is 0 Å². The quantitative estimate of drug-likeness (QED) is 0.470. The molecule has 1 rings (SSSR count). The van der Waals surface area contributed by atoms with Gasteiger partial charge < -0.3 is 15.2 Å². The Balaban J connectivity index is 2.57. The van der Waals surface area contributed by atoms with Crippen LogP contribution in [0.2, 0.25) is 0 Å². The van der Waals surface area contributed by atoms with Crippen LogP contribution < -0.4 is 5.73 Å². The van der Waals surface area contributed by atoms with Crippen molar-refractivity contribution in [2.75, 3.05) is 13.2 Å². The van der Waals surface area contributed by atoms with Gasteiger partial charge in [-0.15, -0.1) is 5.92 Å². The average molecular weight is 183 g/mol. The Morgan fingerprint density at radius 1 is 1.69 bits per heavy atom. The Kier molecular flexibility index (Phi) is 2.91. The van der Waals surface area contributed by atoms with Crippen molar-refractivity contribution in [1.29, 1.82) is 0 Å². The van der Waals surface area contributed by atoms with Gasteiger partial charge in [0.05, 0.1) is 0 Å². The van der Waals surface area contributed by atoms with Gasteiger partial charge in [0.2, 0.25) is 5.60 Å². The highest BCUT2D eigenvalue weighted by atomic mass is 16.6. The van der Waals surface area contributed by atoms with Crippen LogP contribution in [-0.4, -0.2) is 30.8 Å². The highest BCUT2D eigenvalue weighted by Gasteiger charge is 2.41. The maximum Gasteiger partial charge on any atom is 0.324 e. The van der Waals surface area contributed by atoms with E-state index >= 15 is 0 Å². The number of ether oxygens (including phenoxy) is 2. The summed E-state index contributed by atoms with van der Waals surface area (Å²) in [5.41, 5.74) is 4.62. The van der Waals surface area contributed by atoms with Crippen LogP contribution in [0, 0.1) is 11.8 Å². The zero-order chi connectivity index (χ0) is 9.90. The third-order valence-corrected chi connectivity index (χ3v) is 1.69. The summed E-state index contributed by atoms with van der Waals surface area (Å²) in [7, 11) is 0. The second-order valence-electron chi connectivity index (χ2n) is 3.07. The monoisotopic (exact) mass is 183 g/mol. The van der Waals surface area contributed by atoms with Crippen LogP contribution in [0.5, 0.6) is 0 Å². The van der Waals surface area contributed by atoms with Crippen molar-refractivity contribution in [3.8, 4) is 11.8 Å². The molecule has 1 unspecified atom stereocenters. The molecule has 0 aromatic carbocycles. The van der Waals surface area contributed by atoms with E-state index in [0.29, 0.717) is 13.2 Å². The van der Waals surface area contributed by atoms with Gasteiger partial charge in [-0.1, -0.05) is 5.92 Å². The van der Waals surface area contributed by atoms with Gasteiger partial charge >= 0.3 is 5.97 Å². The largest absolute Gasteiger partial charge is 0.440 e. The van der Waals surface area contributed by atoms with Crippen molar-refractivity contribution in [1.82, 2.24) is 0 Å². The van der Waals surface area contributed by atoms with E-state index in [1.807, 2.05) is 0 Å². The average Bonchev–Trinajstić information content (AvgIpc) is 2.00. The molecule has 1 fully saturated rings. The van der Waals surface area contributed by atoms with Gasteiger partial charge in [-0.05, 0) is 13.8 Å². The first-order valence-electron chi connectivity index (χ1n) is 4.10. The fraction of sp³-hybridized carbons (Fsp3) is 0.667. The normalized spacial score (nSPS) is 20.5. The summed E-state index contributed by atoms with van der Waals surface area (Å²) in [6, 6.07) is -0.615. The molecule has 0 aromatic rings. The molecule has 1 aliphatic heterocycles. The number of nitrogens with two attached hydrogens (primary N) is 1. The van der Waals surface area contributed by atoms with Gasteiger partial charge in [0.15, 0.2) is 0 Å². The summed E-state index contributed by atoms with van der Waals surface area (Å²) >= 11 is 0. The van der Waals surface area contributed by atoms with Crippen LogP contribution in [0.1, 0.15) is 13.8 Å². The Morgan fingerprint density at radius 3 is 2.62 bits per heavy atom. The topological polar surface area (TPSA) is 61.5 Å². The van der Waals surface area contributed by atoms with Crippen molar-refractivity contribution in [3.05, 3.63) is 0 Å². The van der Waals surface area contributed by atoms with Crippen LogP contribution in [0.25, 0.3) is 0 Å². The summed E-state index contributed by atoms with van der Waals surface area (Å²) < 4.78 is 10.1. The van der Waals surface area contributed by atoms with Crippen molar-refractivity contribution in [2.24, 2.45) is 5.73 Å². The molecule has 0 amide bonds. The maximum absolute atomic E-state index is 11.2. The van der Waals surface area contributed by atoms with Crippen molar-refractivity contribution in [2.45, 2.75) is 25.5 Å². The lowest BCUT2D eigenvalue weighted by Crippen LogP contribution is -2.53. The van der Waals surface area contributed by atoms with Crippen LogP contribution in [-0.2, 0) is 14.3 Å².